The van der Waals surface area contributed by atoms with Crippen molar-refractivity contribution < 1.29 is 22.4 Å². The van der Waals surface area contributed by atoms with E-state index in [1.165, 1.54) is 36.1 Å². The number of halogens is 4. The van der Waals surface area contributed by atoms with Crippen LogP contribution in [0.4, 0.5) is 29.1 Å². The number of hydrogen-bond donors (Lipinski definition) is 1. The topological polar surface area (TPSA) is 69.0 Å². The van der Waals surface area contributed by atoms with Gasteiger partial charge in [0.1, 0.15) is 29.3 Å². The van der Waals surface area contributed by atoms with Gasteiger partial charge in [0, 0.05) is 17.9 Å². The number of nitrogens with one attached hydrogen (secondary N) is 1. The van der Waals surface area contributed by atoms with Crippen LogP contribution in [-0.2, 0) is 11.0 Å². The van der Waals surface area contributed by atoms with Crippen molar-refractivity contribution in [3.8, 4) is 6.07 Å². The number of rotatable bonds is 3. The highest BCUT2D eigenvalue weighted by molar-refractivity contribution is 5.97. The van der Waals surface area contributed by atoms with Crippen LogP contribution in [0.5, 0.6) is 0 Å². The van der Waals surface area contributed by atoms with Gasteiger partial charge in [0.2, 0.25) is 5.91 Å². The molecule has 1 saturated heterocycles. The minimum Gasteiger partial charge on any atom is -0.343 e. The minimum absolute atomic E-state index is 0.103. The van der Waals surface area contributed by atoms with Crippen molar-refractivity contribution >= 4 is 17.4 Å². The molecule has 2 aromatic rings. The summed E-state index contributed by atoms with van der Waals surface area (Å²) in [5.74, 6) is -1.06. The normalized spacial score (nSPS) is 16.7. The molecular formula is C19H16F4N4O. The van der Waals surface area contributed by atoms with Gasteiger partial charge in [0.05, 0.1) is 5.56 Å². The Morgan fingerprint density at radius 3 is 2.61 bits per heavy atom. The summed E-state index contributed by atoms with van der Waals surface area (Å²) < 4.78 is 53.1. The van der Waals surface area contributed by atoms with Gasteiger partial charge in [0.25, 0.3) is 0 Å². The van der Waals surface area contributed by atoms with E-state index in [1.54, 1.807) is 6.07 Å². The van der Waals surface area contributed by atoms with Crippen molar-refractivity contribution in [2.24, 2.45) is 0 Å². The van der Waals surface area contributed by atoms with Gasteiger partial charge in [-0.15, -0.1) is 0 Å². The highest BCUT2D eigenvalue weighted by Gasteiger charge is 2.39. The number of carbonyl (C=O) groups excluding carboxylic acids is 1. The molecule has 0 radical (unpaired) electrons. The fourth-order valence-electron chi connectivity index (χ4n) is 3.25. The number of nitrogens with zero attached hydrogens (tertiary/aromatic N) is 3. The van der Waals surface area contributed by atoms with Crippen LogP contribution in [0.2, 0.25) is 0 Å². The van der Waals surface area contributed by atoms with Crippen molar-refractivity contribution in [3.05, 3.63) is 53.0 Å². The predicted molar refractivity (Wildman–Crippen MR) is 94.1 cm³/mol. The molecule has 1 aliphatic rings. The third kappa shape index (κ3) is 3.91. The van der Waals surface area contributed by atoms with E-state index in [0.29, 0.717) is 25.1 Å². The van der Waals surface area contributed by atoms with Crippen molar-refractivity contribution in [2.45, 2.75) is 32.0 Å². The van der Waals surface area contributed by atoms with Crippen molar-refractivity contribution in [3.63, 3.8) is 0 Å². The number of aryl methyl sites for hydroxylation is 1. The molecule has 0 saturated carbocycles. The van der Waals surface area contributed by atoms with E-state index in [0.717, 1.165) is 6.07 Å². The second kappa shape index (κ2) is 7.46. The zero-order valence-corrected chi connectivity index (χ0v) is 14.8. The fraction of sp³-hybridized carbons (Fsp3) is 0.316. The van der Waals surface area contributed by atoms with Crippen LogP contribution in [0.15, 0.2) is 30.3 Å². The van der Waals surface area contributed by atoms with Crippen LogP contribution in [0, 0.1) is 24.1 Å². The smallest absolute Gasteiger partial charge is 0.343 e. The van der Waals surface area contributed by atoms with E-state index >= 15 is 0 Å². The molecule has 1 atom stereocenters. The summed E-state index contributed by atoms with van der Waals surface area (Å²) >= 11 is 0. The summed E-state index contributed by atoms with van der Waals surface area (Å²) in [5.41, 5.74) is -1.19. The lowest BCUT2D eigenvalue weighted by molar-refractivity contribution is -0.137. The second-order valence-corrected chi connectivity index (χ2v) is 6.47. The summed E-state index contributed by atoms with van der Waals surface area (Å²) in [6.07, 6.45) is -3.75. The summed E-state index contributed by atoms with van der Waals surface area (Å²) in [6.45, 7) is 1.70. The summed E-state index contributed by atoms with van der Waals surface area (Å²) in [5, 5.41) is 12.0. The van der Waals surface area contributed by atoms with Crippen LogP contribution < -0.4 is 10.2 Å². The van der Waals surface area contributed by atoms with Crippen LogP contribution >= 0.6 is 0 Å². The van der Waals surface area contributed by atoms with E-state index in [-0.39, 0.29) is 11.5 Å². The molecule has 2 heterocycles. The Bertz CT molecular complexity index is 935. The zero-order chi connectivity index (χ0) is 20.5. The van der Waals surface area contributed by atoms with Crippen molar-refractivity contribution in [1.29, 1.82) is 5.26 Å². The number of pyridine rings is 1. The molecule has 1 aromatic heterocycles. The van der Waals surface area contributed by atoms with Crippen LogP contribution in [0.3, 0.4) is 0 Å². The molecule has 1 fully saturated rings. The van der Waals surface area contributed by atoms with Crippen LogP contribution in [0.25, 0.3) is 0 Å². The first-order chi connectivity index (χ1) is 13.2. The molecule has 1 amide bonds. The van der Waals surface area contributed by atoms with Gasteiger partial charge in [0.15, 0.2) is 0 Å². The third-order valence-corrected chi connectivity index (χ3v) is 4.48. The average molecular weight is 392 g/mol. The van der Waals surface area contributed by atoms with Gasteiger partial charge >= 0.3 is 6.18 Å². The fourth-order valence-corrected chi connectivity index (χ4v) is 3.25. The molecule has 5 nitrogen and oxygen atoms in total. The number of anilines is 2. The minimum atomic E-state index is -4.71. The van der Waals surface area contributed by atoms with E-state index in [2.05, 4.69) is 10.3 Å². The standard InChI is InChI=1S/C19H16F4N4O/c1-11-9-15(19(21,22)23)14(10-24)17(25-11)27-8-2-3-16(27)18(28)26-13-6-4-12(20)5-7-13/h4-7,9,16H,2-3,8H2,1H3,(H,26,28)/t16-/m0/s1. The Morgan fingerprint density at radius 1 is 1.32 bits per heavy atom. The molecule has 146 valence electrons. The van der Waals surface area contributed by atoms with Gasteiger partial charge in [-0.3, -0.25) is 4.79 Å². The van der Waals surface area contributed by atoms with E-state index < -0.39 is 35.1 Å². The zero-order valence-electron chi connectivity index (χ0n) is 14.8. The van der Waals surface area contributed by atoms with E-state index in [1.807, 2.05) is 0 Å². The Kier molecular flexibility index (Phi) is 5.23. The molecular weight excluding hydrogens is 376 g/mol. The number of carbonyl (C=O) groups is 1. The van der Waals surface area contributed by atoms with E-state index in [9.17, 15) is 27.6 Å². The molecule has 0 spiro atoms. The molecule has 0 unspecified atom stereocenters. The molecule has 3 rings (SSSR count). The SMILES string of the molecule is Cc1cc(C(F)(F)F)c(C#N)c(N2CCC[C@H]2C(=O)Nc2ccc(F)cc2)n1. The number of alkyl halides is 3. The van der Waals surface area contributed by atoms with Crippen molar-refractivity contribution in [2.75, 3.05) is 16.8 Å². The molecule has 0 bridgehead atoms. The molecule has 1 N–H and O–H groups in total. The highest BCUT2D eigenvalue weighted by Crippen LogP contribution is 2.37. The second-order valence-electron chi connectivity index (χ2n) is 6.47. The highest BCUT2D eigenvalue weighted by atomic mass is 19.4. The number of nitriles is 1. The lowest BCUT2D eigenvalue weighted by Gasteiger charge is -2.27. The van der Waals surface area contributed by atoms with Crippen LogP contribution in [0.1, 0.15) is 29.7 Å². The number of aromatic nitrogens is 1. The van der Waals surface area contributed by atoms with Crippen LogP contribution in [-0.4, -0.2) is 23.5 Å². The van der Waals surface area contributed by atoms with Gasteiger partial charge < -0.3 is 10.2 Å². The maximum Gasteiger partial charge on any atom is 0.417 e. The Labute approximate surface area is 158 Å². The quantitative estimate of drug-likeness (QED) is 0.801. The Hall–Kier alpha value is -3.15. The first-order valence-electron chi connectivity index (χ1n) is 8.52. The third-order valence-electron chi connectivity index (χ3n) is 4.48. The number of amides is 1. The Morgan fingerprint density at radius 2 is 2.00 bits per heavy atom. The first-order valence-corrected chi connectivity index (χ1v) is 8.52. The summed E-state index contributed by atoms with van der Waals surface area (Å²) in [7, 11) is 0. The Balaban J connectivity index is 1.94. The lowest BCUT2D eigenvalue weighted by atomic mass is 10.1. The largest absolute Gasteiger partial charge is 0.417 e. The van der Waals surface area contributed by atoms with Crippen molar-refractivity contribution in [1.82, 2.24) is 4.98 Å². The van der Waals surface area contributed by atoms with Gasteiger partial charge in [-0.05, 0) is 50.1 Å². The monoisotopic (exact) mass is 392 g/mol. The first kappa shape index (κ1) is 19.6. The molecule has 1 aliphatic heterocycles. The maximum absolute atomic E-state index is 13.4. The molecule has 1 aromatic carbocycles. The predicted octanol–water partition coefficient (Wildman–Crippen LogP) is 4.03. The average Bonchev–Trinajstić information content (AvgIpc) is 3.12. The van der Waals surface area contributed by atoms with Gasteiger partial charge in [-0.2, -0.15) is 18.4 Å². The van der Waals surface area contributed by atoms with Gasteiger partial charge in [-0.25, -0.2) is 9.37 Å². The number of hydrogen-bond acceptors (Lipinski definition) is 4. The summed E-state index contributed by atoms with van der Waals surface area (Å²) in [4.78, 5) is 18.2. The molecule has 0 aliphatic carbocycles. The van der Waals surface area contributed by atoms with Gasteiger partial charge in [-0.1, -0.05) is 0 Å². The molecule has 28 heavy (non-hydrogen) atoms. The maximum atomic E-state index is 13.4. The number of benzene rings is 1. The van der Waals surface area contributed by atoms with E-state index in [4.69, 9.17) is 0 Å². The lowest BCUT2D eigenvalue weighted by Crippen LogP contribution is -2.40. The molecule has 9 heteroatoms. The summed E-state index contributed by atoms with van der Waals surface area (Å²) in [6, 6.07) is 6.79.